The molecule has 3 aromatic carbocycles. The largest absolute Gasteiger partial charge is 0.360 e. The van der Waals surface area contributed by atoms with Gasteiger partial charge in [-0.05, 0) is 39.7 Å². The lowest BCUT2D eigenvalue weighted by molar-refractivity contribution is 1.41. The van der Waals surface area contributed by atoms with Crippen LogP contribution < -0.4 is 0 Å². The van der Waals surface area contributed by atoms with Gasteiger partial charge in [-0.2, -0.15) is 0 Å². The fourth-order valence-corrected chi connectivity index (χ4v) is 2.96. The van der Waals surface area contributed by atoms with Gasteiger partial charge in [-0.3, -0.25) is 0 Å². The molecule has 0 amide bonds. The van der Waals surface area contributed by atoms with E-state index in [1.54, 1.807) is 0 Å². The van der Waals surface area contributed by atoms with Crippen LogP contribution in [0.2, 0.25) is 5.02 Å². The van der Waals surface area contributed by atoms with Crippen LogP contribution in [0.15, 0.2) is 66.9 Å². The predicted octanol–water partition coefficient (Wildman–Crippen LogP) is 5.64. The van der Waals surface area contributed by atoms with Crippen LogP contribution in [0.4, 0.5) is 0 Å². The standard InChI is InChI=1S/C18H12ClN/c19-17-8-9-20-18(17)15-7-3-6-14-10-12-4-1-2-5-13(12)11-16(14)15/h1-11,20H. The van der Waals surface area contributed by atoms with E-state index in [0.29, 0.717) is 0 Å². The van der Waals surface area contributed by atoms with Crippen LogP contribution in [0, 0.1) is 0 Å². The third-order valence-corrected chi connectivity index (χ3v) is 4.03. The SMILES string of the molecule is Clc1cc[nH]c1-c1cccc2cc3ccccc3cc12. The van der Waals surface area contributed by atoms with Gasteiger partial charge in [-0.15, -0.1) is 0 Å². The summed E-state index contributed by atoms with van der Waals surface area (Å²) >= 11 is 6.26. The number of rotatable bonds is 1. The summed E-state index contributed by atoms with van der Waals surface area (Å²) in [6, 6.07) is 21.1. The molecule has 1 nitrogen and oxygen atoms in total. The van der Waals surface area contributed by atoms with Gasteiger partial charge in [-0.25, -0.2) is 0 Å². The summed E-state index contributed by atoms with van der Waals surface area (Å²) in [4.78, 5) is 3.23. The Labute approximate surface area is 121 Å². The zero-order valence-electron chi connectivity index (χ0n) is 10.7. The molecule has 0 unspecified atom stereocenters. The first kappa shape index (κ1) is 11.6. The molecule has 4 rings (SSSR count). The van der Waals surface area contributed by atoms with Crippen molar-refractivity contribution in [3.8, 4) is 11.3 Å². The van der Waals surface area contributed by atoms with Crippen LogP contribution in [-0.2, 0) is 0 Å². The van der Waals surface area contributed by atoms with Crippen molar-refractivity contribution in [3.63, 3.8) is 0 Å². The van der Waals surface area contributed by atoms with E-state index >= 15 is 0 Å². The number of hydrogen-bond acceptors (Lipinski definition) is 0. The average Bonchev–Trinajstić information content (AvgIpc) is 2.90. The van der Waals surface area contributed by atoms with E-state index in [1.165, 1.54) is 21.5 Å². The second-order valence-corrected chi connectivity index (χ2v) is 5.33. The molecular formula is C18H12ClN. The van der Waals surface area contributed by atoms with Crippen molar-refractivity contribution in [1.82, 2.24) is 4.98 Å². The quantitative estimate of drug-likeness (QED) is 0.433. The predicted molar refractivity (Wildman–Crippen MR) is 86.3 cm³/mol. The van der Waals surface area contributed by atoms with Crippen molar-refractivity contribution in [3.05, 3.63) is 71.9 Å². The molecule has 0 atom stereocenters. The van der Waals surface area contributed by atoms with E-state index in [2.05, 4.69) is 59.6 Å². The monoisotopic (exact) mass is 277 g/mol. The number of nitrogens with one attached hydrogen (secondary N) is 1. The summed E-state index contributed by atoms with van der Waals surface area (Å²) in [5.74, 6) is 0. The number of hydrogen-bond donors (Lipinski definition) is 1. The molecule has 1 N–H and O–H groups in total. The molecule has 0 radical (unpaired) electrons. The number of aromatic nitrogens is 1. The fraction of sp³-hybridized carbons (Fsp3) is 0. The number of benzene rings is 3. The van der Waals surface area contributed by atoms with Crippen molar-refractivity contribution < 1.29 is 0 Å². The molecule has 0 saturated carbocycles. The van der Waals surface area contributed by atoms with Crippen LogP contribution in [-0.4, -0.2) is 4.98 Å². The summed E-state index contributed by atoms with van der Waals surface area (Å²) < 4.78 is 0. The highest BCUT2D eigenvalue weighted by Gasteiger charge is 2.09. The minimum Gasteiger partial charge on any atom is -0.360 e. The molecule has 20 heavy (non-hydrogen) atoms. The first-order chi connectivity index (χ1) is 9.83. The lowest BCUT2D eigenvalue weighted by Crippen LogP contribution is -1.83. The van der Waals surface area contributed by atoms with Gasteiger partial charge in [0.15, 0.2) is 0 Å². The Morgan fingerprint density at radius 2 is 1.50 bits per heavy atom. The van der Waals surface area contributed by atoms with Crippen LogP contribution in [0.1, 0.15) is 0 Å². The Balaban J connectivity index is 2.12. The summed E-state index contributed by atoms with van der Waals surface area (Å²) in [5, 5.41) is 5.71. The average molecular weight is 278 g/mol. The Morgan fingerprint density at radius 1 is 0.750 bits per heavy atom. The summed E-state index contributed by atoms with van der Waals surface area (Å²) in [5.41, 5.74) is 2.12. The highest BCUT2D eigenvalue weighted by Crippen LogP contribution is 2.34. The van der Waals surface area contributed by atoms with Crippen molar-refractivity contribution >= 4 is 33.1 Å². The summed E-state index contributed by atoms with van der Waals surface area (Å²) in [6.07, 6.45) is 1.87. The topological polar surface area (TPSA) is 15.8 Å². The maximum Gasteiger partial charge on any atom is 0.0661 e. The van der Waals surface area contributed by atoms with E-state index in [0.717, 1.165) is 16.3 Å². The van der Waals surface area contributed by atoms with Crippen LogP contribution >= 0.6 is 11.6 Å². The fourth-order valence-electron chi connectivity index (χ4n) is 2.74. The third-order valence-electron chi connectivity index (χ3n) is 3.71. The molecule has 0 aliphatic carbocycles. The van der Waals surface area contributed by atoms with Crippen LogP contribution in [0.3, 0.4) is 0 Å². The smallest absolute Gasteiger partial charge is 0.0661 e. The minimum atomic E-state index is 0.755. The Kier molecular flexibility index (Phi) is 2.54. The molecule has 4 aromatic rings. The number of aromatic amines is 1. The third kappa shape index (κ3) is 1.71. The van der Waals surface area contributed by atoms with Gasteiger partial charge >= 0.3 is 0 Å². The van der Waals surface area contributed by atoms with Crippen molar-refractivity contribution in [1.29, 1.82) is 0 Å². The molecule has 1 heterocycles. The first-order valence-corrected chi connectivity index (χ1v) is 6.95. The van der Waals surface area contributed by atoms with E-state index in [1.807, 2.05) is 12.3 Å². The molecular weight excluding hydrogens is 266 g/mol. The highest BCUT2D eigenvalue weighted by molar-refractivity contribution is 6.33. The Morgan fingerprint density at radius 3 is 2.25 bits per heavy atom. The van der Waals surface area contributed by atoms with Crippen LogP contribution in [0.25, 0.3) is 32.8 Å². The normalized spacial score (nSPS) is 11.2. The lowest BCUT2D eigenvalue weighted by atomic mass is 9.98. The van der Waals surface area contributed by atoms with E-state index in [4.69, 9.17) is 11.6 Å². The molecule has 2 heteroatoms. The number of fused-ring (bicyclic) bond motifs is 2. The second-order valence-electron chi connectivity index (χ2n) is 4.93. The Hall–Kier alpha value is -2.25. The summed E-state index contributed by atoms with van der Waals surface area (Å²) in [7, 11) is 0. The van der Waals surface area contributed by atoms with Gasteiger partial charge in [0, 0.05) is 11.8 Å². The lowest BCUT2D eigenvalue weighted by Gasteiger charge is -2.08. The van der Waals surface area contributed by atoms with Gasteiger partial charge in [0.1, 0.15) is 0 Å². The van der Waals surface area contributed by atoms with Crippen molar-refractivity contribution in [2.75, 3.05) is 0 Å². The number of H-pyrrole nitrogens is 1. The maximum atomic E-state index is 6.26. The van der Waals surface area contributed by atoms with Gasteiger partial charge in [0.05, 0.1) is 10.7 Å². The van der Waals surface area contributed by atoms with E-state index < -0.39 is 0 Å². The van der Waals surface area contributed by atoms with Crippen molar-refractivity contribution in [2.24, 2.45) is 0 Å². The van der Waals surface area contributed by atoms with Crippen LogP contribution in [0.5, 0.6) is 0 Å². The molecule has 0 fully saturated rings. The second kappa shape index (κ2) is 4.39. The molecule has 0 spiro atoms. The number of halogens is 1. The van der Waals surface area contributed by atoms with Gasteiger partial charge in [-0.1, -0.05) is 54.1 Å². The maximum absolute atomic E-state index is 6.26. The van der Waals surface area contributed by atoms with Crippen molar-refractivity contribution in [2.45, 2.75) is 0 Å². The van der Waals surface area contributed by atoms with E-state index in [9.17, 15) is 0 Å². The molecule has 0 aliphatic rings. The molecule has 96 valence electrons. The minimum absolute atomic E-state index is 0.755. The van der Waals surface area contributed by atoms with Gasteiger partial charge in [0.25, 0.3) is 0 Å². The zero-order chi connectivity index (χ0) is 13.5. The highest BCUT2D eigenvalue weighted by atomic mass is 35.5. The molecule has 0 saturated heterocycles. The van der Waals surface area contributed by atoms with Gasteiger partial charge < -0.3 is 4.98 Å². The zero-order valence-corrected chi connectivity index (χ0v) is 11.5. The Bertz CT molecular complexity index is 921. The molecule has 0 bridgehead atoms. The van der Waals surface area contributed by atoms with Gasteiger partial charge in [0.2, 0.25) is 0 Å². The first-order valence-electron chi connectivity index (χ1n) is 6.58. The molecule has 1 aromatic heterocycles. The molecule has 0 aliphatic heterocycles. The van der Waals surface area contributed by atoms with E-state index in [-0.39, 0.29) is 0 Å². The summed E-state index contributed by atoms with van der Waals surface area (Å²) in [6.45, 7) is 0.